The van der Waals surface area contributed by atoms with Crippen molar-refractivity contribution in [3.63, 3.8) is 0 Å². The van der Waals surface area contributed by atoms with E-state index in [0.717, 1.165) is 12.1 Å². The van der Waals surface area contributed by atoms with Gasteiger partial charge < -0.3 is 9.84 Å². The highest BCUT2D eigenvalue weighted by atomic mass is 19.4. The number of carbonyl (C=O) groups is 1. The molecule has 3 nitrogen and oxygen atoms in total. The van der Waals surface area contributed by atoms with E-state index in [1.165, 1.54) is 6.07 Å². The molecule has 0 bridgehead atoms. The Labute approximate surface area is 102 Å². The van der Waals surface area contributed by atoms with Crippen molar-refractivity contribution in [1.29, 1.82) is 0 Å². The van der Waals surface area contributed by atoms with E-state index in [1.807, 2.05) is 0 Å². The fourth-order valence-electron chi connectivity index (χ4n) is 1.37. The summed E-state index contributed by atoms with van der Waals surface area (Å²) in [5.74, 6) is -1.60. The molecule has 0 saturated carbocycles. The summed E-state index contributed by atoms with van der Waals surface area (Å²) in [6.07, 6.45) is -4.76. The highest BCUT2D eigenvalue weighted by molar-refractivity contribution is 5.89. The molecule has 0 spiro atoms. The van der Waals surface area contributed by atoms with E-state index in [4.69, 9.17) is 9.84 Å². The van der Waals surface area contributed by atoms with E-state index >= 15 is 0 Å². The smallest absolute Gasteiger partial charge is 0.417 e. The summed E-state index contributed by atoms with van der Waals surface area (Å²) in [6, 6.07) is 2.98. The molecule has 0 aliphatic carbocycles. The summed E-state index contributed by atoms with van der Waals surface area (Å²) >= 11 is 0. The lowest BCUT2D eigenvalue weighted by molar-refractivity contribution is -0.138. The molecular formula is C12H13F3O3. The number of alkyl halides is 3. The molecule has 0 heterocycles. The van der Waals surface area contributed by atoms with Gasteiger partial charge >= 0.3 is 12.1 Å². The van der Waals surface area contributed by atoms with Gasteiger partial charge in [-0.15, -0.1) is 0 Å². The summed E-state index contributed by atoms with van der Waals surface area (Å²) in [7, 11) is 0. The Morgan fingerprint density at radius 3 is 2.44 bits per heavy atom. The molecule has 0 amide bonds. The first-order valence-corrected chi connectivity index (χ1v) is 5.27. The van der Waals surface area contributed by atoms with E-state index in [2.05, 4.69) is 0 Å². The van der Waals surface area contributed by atoms with Gasteiger partial charge in [-0.1, -0.05) is 6.07 Å². The number of carboxylic acids is 1. The average Bonchev–Trinajstić information content (AvgIpc) is 2.24. The highest BCUT2D eigenvalue weighted by Crippen LogP contribution is 2.32. The zero-order valence-corrected chi connectivity index (χ0v) is 9.91. The molecule has 0 aliphatic heterocycles. The molecular weight excluding hydrogens is 249 g/mol. The molecule has 1 N–H and O–H groups in total. The number of hydrogen-bond donors (Lipinski definition) is 1. The molecule has 0 radical (unpaired) electrons. The van der Waals surface area contributed by atoms with Crippen molar-refractivity contribution in [1.82, 2.24) is 0 Å². The molecule has 1 aromatic carbocycles. The van der Waals surface area contributed by atoms with Crippen molar-refractivity contribution in [3.05, 3.63) is 34.9 Å². The first-order valence-electron chi connectivity index (χ1n) is 5.27. The maximum atomic E-state index is 12.6. The molecule has 0 aromatic heterocycles. The van der Waals surface area contributed by atoms with Gasteiger partial charge in [-0.2, -0.15) is 13.2 Å². The molecule has 0 aliphatic rings. The first kappa shape index (κ1) is 14.5. The van der Waals surface area contributed by atoms with Crippen LogP contribution in [0.5, 0.6) is 0 Å². The summed E-state index contributed by atoms with van der Waals surface area (Å²) in [5, 5.41) is 8.79. The maximum Gasteiger partial charge on any atom is 0.417 e. The Bertz CT molecular complexity index is 439. The number of benzene rings is 1. The lowest BCUT2D eigenvalue weighted by atomic mass is 10.0. The molecule has 100 valence electrons. The second-order valence-corrected chi connectivity index (χ2v) is 4.04. The Morgan fingerprint density at radius 2 is 2.00 bits per heavy atom. The average molecular weight is 262 g/mol. The minimum absolute atomic E-state index is 0.0794. The van der Waals surface area contributed by atoms with Crippen LogP contribution in [0.2, 0.25) is 0 Å². The molecule has 0 unspecified atom stereocenters. The van der Waals surface area contributed by atoms with E-state index in [0.29, 0.717) is 5.56 Å². The van der Waals surface area contributed by atoms with E-state index < -0.39 is 23.3 Å². The largest absolute Gasteiger partial charge is 0.478 e. The zero-order valence-electron chi connectivity index (χ0n) is 9.91. The molecule has 0 fully saturated rings. The molecule has 6 heteroatoms. The van der Waals surface area contributed by atoms with Crippen LogP contribution in [0.3, 0.4) is 0 Å². The van der Waals surface area contributed by atoms with Crippen LogP contribution < -0.4 is 0 Å². The van der Waals surface area contributed by atoms with Gasteiger partial charge in [0, 0.05) is 0 Å². The maximum absolute atomic E-state index is 12.6. The minimum Gasteiger partial charge on any atom is -0.478 e. The normalized spacial score (nSPS) is 11.9. The standard InChI is InChI=1S/C12H13F3O3/c1-7(2)18-6-8-3-4-10(12(13,14)15)9(5-8)11(16)17/h3-5,7H,6H2,1-2H3,(H,16,17). The van der Waals surface area contributed by atoms with Gasteiger partial charge in [0.25, 0.3) is 0 Å². The molecule has 1 aromatic rings. The van der Waals surface area contributed by atoms with Crippen molar-refractivity contribution in [2.45, 2.75) is 32.7 Å². The van der Waals surface area contributed by atoms with Gasteiger partial charge in [-0.25, -0.2) is 4.79 Å². The number of hydrogen-bond acceptors (Lipinski definition) is 2. The van der Waals surface area contributed by atoms with Crippen molar-refractivity contribution in [2.75, 3.05) is 0 Å². The third kappa shape index (κ3) is 3.73. The van der Waals surface area contributed by atoms with Gasteiger partial charge in [0.1, 0.15) is 0 Å². The van der Waals surface area contributed by atoms with Crippen molar-refractivity contribution in [2.24, 2.45) is 0 Å². The fourth-order valence-corrected chi connectivity index (χ4v) is 1.37. The molecule has 1 rings (SSSR count). The number of carboxylic acid groups (broad SMARTS) is 1. The summed E-state index contributed by atoms with van der Waals surface area (Å²) < 4.78 is 42.9. The van der Waals surface area contributed by atoms with E-state index in [9.17, 15) is 18.0 Å². The zero-order chi connectivity index (χ0) is 13.9. The summed E-state index contributed by atoms with van der Waals surface area (Å²) in [5.41, 5.74) is -1.51. The van der Waals surface area contributed by atoms with Crippen molar-refractivity contribution < 1.29 is 27.8 Å². The van der Waals surface area contributed by atoms with Gasteiger partial charge in [0.05, 0.1) is 23.8 Å². The van der Waals surface area contributed by atoms with Crippen LogP contribution in [0.15, 0.2) is 18.2 Å². The number of halogens is 3. The predicted molar refractivity (Wildman–Crippen MR) is 58.3 cm³/mol. The van der Waals surface area contributed by atoms with Crippen LogP contribution in [0.1, 0.15) is 35.3 Å². The lowest BCUT2D eigenvalue weighted by Gasteiger charge is -2.13. The highest BCUT2D eigenvalue weighted by Gasteiger charge is 2.35. The predicted octanol–water partition coefficient (Wildman–Crippen LogP) is 3.33. The quantitative estimate of drug-likeness (QED) is 0.905. The summed E-state index contributed by atoms with van der Waals surface area (Å²) in [4.78, 5) is 10.8. The van der Waals surface area contributed by atoms with E-state index in [-0.39, 0.29) is 12.7 Å². The van der Waals surface area contributed by atoms with Crippen LogP contribution in [-0.2, 0) is 17.5 Å². The van der Waals surface area contributed by atoms with Gasteiger partial charge in [0.15, 0.2) is 0 Å². The lowest BCUT2D eigenvalue weighted by Crippen LogP contribution is -2.13. The third-order valence-corrected chi connectivity index (χ3v) is 2.20. The van der Waals surface area contributed by atoms with Crippen molar-refractivity contribution >= 4 is 5.97 Å². The number of ether oxygens (including phenoxy) is 1. The number of rotatable bonds is 4. The van der Waals surface area contributed by atoms with E-state index in [1.54, 1.807) is 13.8 Å². The Balaban J connectivity index is 3.08. The minimum atomic E-state index is -4.68. The Kier molecular flexibility index (Phi) is 4.34. The summed E-state index contributed by atoms with van der Waals surface area (Å²) in [6.45, 7) is 3.64. The van der Waals surface area contributed by atoms with Gasteiger partial charge in [0.2, 0.25) is 0 Å². The first-order chi connectivity index (χ1) is 8.21. The van der Waals surface area contributed by atoms with Gasteiger partial charge in [-0.3, -0.25) is 0 Å². The molecule has 18 heavy (non-hydrogen) atoms. The Hall–Kier alpha value is -1.56. The van der Waals surface area contributed by atoms with Crippen LogP contribution in [-0.4, -0.2) is 17.2 Å². The molecule has 0 atom stereocenters. The van der Waals surface area contributed by atoms with Crippen LogP contribution in [0.25, 0.3) is 0 Å². The second kappa shape index (κ2) is 5.39. The Morgan fingerprint density at radius 1 is 1.39 bits per heavy atom. The van der Waals surface area contributed by atoms with Crippen LogP contribution in [0, 0.1) is 0 Å². The van der Waals surface area contributed by atoms with Crippen LogP contribution >= 0.6 is 0 Å². The van der Waals surface area contributed by atoms with Crippen LogP contribution in [0.4, 0.5) is 13.2 Å². The topological polar surface area (TPSA) is 46.5 Å². The van der Waals surface area contributed by atoms with Gasteiger partial charge in [-0.05, 0) is 31.5 Å². The second-order valence-electron chi connectivity index (χ2n) is 4.04. The molecule has 0 saturated heterocycles. The fraction of sp³-hybridized carbons (Fsp3) is 0.417. The third-order valence-electron chi connectivity index (χ3n) is 2.20. The van der Waals surface area contributed by atoms with Crippen molar-refractivity contribution in [3.8, 4) is 0 Å². The monoisotopic (exact) mass is 262 g/mol. The SMILES string of the molecule is CC(C)OCc1ccc(C(F)(F)F)c(C(=O)O)c1. The number of aromatic carboxylic acids is 1.